The van der Waals surface area contributed by atoms with Crippen molar-refractivity contribution < 1.29 is 24.0 Å². The van der Waals surface area contributed by atoms with E-state index in [4.69, 9.17) is 9.47 Å². The minimum Gasteiger partial charge on any atom is -0.462 e. The van der Waals surface area contributed by atoms with Crippen LogP contribution in [0, 0.1) is 10.1 Å². The van der Waals surface area contributed by atoms with E-state index in [1.807, 2.05) is 0 Å². The fraction of sp³-hybridized carbons (Fsp3) is 0.600. The molecule has 3 rings (SSSR count). The quantitative estimate of drug-likeness (QED) is 0.438. The lowest BCUT2D eigenvalue weighted by molar-refractivity contribution is -0.385. The number of esters is 1. The Morgan fingerprint density at radius 3 is 2.55 bits per heavy atom. The highest BCUT2D eigenvalue weighted by atomic mass is 16.6. The molecule has 29 heavy (non-hydrogen) atoms. The first kappa shape index (κ1) is 21.2. The zero-order valence-corrected chi connectivity index (χ0v) is 16.6. The maximum atomic E-state index is 12.7. The van der Waals surface area contributed by atoms with Gasteiger partial charge in [0, 0.05) is 51.9 Å². The van der Waals surface area contributed by atoms with Crippen LogP contribution in [0.15, 0.2) is 18.2 Å². The largest absolute Gasteiger partial charge is 0.462 e. The number of benzene rings is 1. The first-order valence-corrected chi connectivity index (χ1v) is 9.98. The van der Waals surface area contributed by atoms with E-state index in [0.717, 1.165) is 31.5 Å². The highest BCUT2D eigenvalue weighted by Crippen LogP contribution is 2.23. The van der Waals surface area contributed by atoms with Gasteiger partial charge in [0.2, 0.25) is 0 Å². The fourth-order valence-electron chi connectivity index (χ4n) is 3.81. The van der Waals surface area contributed by atoms with Crippen LogP contribution < -0.4 is 5.32 Å². The van der Waals surface area contributed by atoms with Gasteiger partial charge in [-0.3, -0.25) is 24.6 Å². The number of rotatable bonds is 6. The van der Waals surface area contributed by atoms with Crippen LogP contribution in [0.4, 0.5) is 5.69 Å². The Bertz CT molecular complexity index is 755. The van der Waals surface area contributed by atoms with Gasteiger partial charge in [-0.05, 0) is 37.3 Å². The highest BCUT2D eigenvalue weighted by Gasteiger charge is 2.25. The molecule has 1 amide bonds. The van der Waals surface area contributed by atoms with Crippen LogP contribution in [0.1, 0.15) is 48.5 Å². The minimum atomic E-state index is -0.521. The second-order valence-corrected chi connectivity index (χ2v) is 7.55. The Morgan fingerprint density at radius 2 is 1.93 bits per heavy atom. The Balaban J connectivity index is 1.66. The summed E-state index contributed by atoms with van der Waals surface area (Å²) >= 11 is 0. The molecule has 1 aromatic rings. The number of nitrogens with zero attached hydrogens (tertiary/aromatic N) is 2. The SMILES string of the molecule is CC(=O)OC1CCN(Cc2ccc([N+](=O)[O-])c(C(=O)NC3CCOCC3)c2)CC1. The number of nitro groups is 1. The van der Waals surface area contributed by atoms with E-state index in [2.05, 4.69) is 10.2 Å². The summed E-state index contributed by atoms with van der Waals surface area (Å²) in [4.78, 5) is 36.9. The maximum absolute atomic E-state index is 12.7. The van der Waals surface area contributed by atoms with Crippen molar-refractivity contribution in [2.24, 2.45) is 0 Å². The van der Waals surface area contributed by atoms with E-state index in [9.17, 15) is 19.7 Å². The number of carbonyl (C=O) groups is 2. The topological polar surface area (TPSA) is 111 Å². The van der Waals surface area contributed by atoms with E-state index >= 15 is 0 Å². The van der Waals surface area contributed by atoms with Crippen LogP contribution >= 0.6 is 0 Å². The number of ether oxygens (including phenoxy) is 2. The lowest BCUT2D eigenvalue weighted by atomic mass is 10.0. The van der Waals surface area contributed by atoms with Crippen LogP contribution in [-0.2, 0) is 20.8 Å². The predicted molar refractivity (Wildman–Crippen MR) is 104 cm³/mol. The standard InChI is InChI=1S/C20H27N3O6/c1-14(24)29-17-4-8-22(9-5-17)13-15-2-3-19(23(26)27)18(12-15)20(25)21-16-6-10-28-11-7-16/h2-3,12,16-17H,4-11,13H2,1H3,(H,21,25). The first-order valence-electron chi connectivity index (χ1n) is 9.98. The molecule has 0 unspecified atom stereocenters. The van der Waals surface area contributed by atoms with Gasteiger partial charge in [0.25, 0.3) is 11.6 Å². The maximum Gasteiger partial charge on any atom is 0.302 e. The molecule has 0 aliphatic carbocycles. The molecule has 0 atom stereocenters. The molecule has 1 N–H and O–H groups in total. The smallest absolute Gasteiger partial charge is 0.302 e. The molecule has 0 spiro atoms. The fourth-order valence-corrected chi connectivity index (χ4v) is 3.81. The third-order valence-electron chi connectivity index (χ3n) is 5.33. The van der Waals surface area contributed by atoms with Crippen molar-refractivity contribution in [2.45, 2.75) is 51.3 Å². The van der Waals surface area contributed by atoms with Crippen LogP contribution in [0.3, 0.4) is 0 Å². The number of carbonyl (C=O) groups excluding carboxylic acids is 2. The number of nitrogens with one attached hydrogen (secondary N) is 1. The normalized spacial score (nSPS) is 18.9. The molecule has 2 saturated heterocycles. The molecule has 0 saturated carbocycles. The van der Waals surface area contributed by atoms with Crippen LogP contribution in [0.2, 0.25) is 0 Å². The summed E-state index contributed by atoms with van der Waals surface area (Å²) in [5.41, 5.74) is 0.749. The van der Waals surface area contributed by atoms with Crippen molar-refractivity contribution in [1.29, 1.82) is 0 Å². The van der Waals surface area contributed by atoms with Gasteiger partial charge in [0.15, 0.2) is 0 Å². The number of hydrogen-bond donors (Lipinski definition) is 1. The molecule has 1 aromatic carbocycles. The Hall–Kier alpha value is -2.52. The minimum absolute atomic E-state index is 0.0279. The summed E-state index contributed by atoms with van der Waals surface area (Å²) in [7, 11) is 0. The van der Waals surface area contributed by atoms with Crippen molar-refractivity contribution in [2.75, 3.05) is 26.3 Å². The van der Waals surface area contributed by atoms with E-state index in [1.54, 1.807) is 12.1 Å². The summed E-state index contributed by atoms with van der Waals surface area (Å²) < 4.78 is 10.5. The van der Waals surface area contributed by atoms with Crippen LogP contribution in [0.25, 0.3) is 0 Å². The van der Waals surface area contributed by atoms with Gasteiger partial charge < -0.3 is 14.8 Å². The third kappa shape index (κ3) is 5.98. The number of amides is 1. The van der Waals surface area contributed by atoms with Gasteiger partial charge in [-0.2, -0.15) is 0 Å². The molecule has 2 heterocycles. The zero-order chi connectivity index (χ0) is 20.8. The molecule has 0 bridgehead atoms. The first-order chi connectivity index (χ1) is 13.9. The van der Waals surface area contributed by atoms with Crippen molar-refractivity contribution in [3.8, 4) is 0 Å². The summed E-state index contributed by atoms with van der Waals surface area (Å²) in [5, 5.41) is 14.3. The molecule has 0 radical (unpaired) electrons. The summed E-state index contributed by atoms with van der Waals surface area (Å²) in [6.07, 6.45) is 2.86. The average molecular weight is 405 g/mol. The Morgan fingerprint density at radius 1 is 1.24 bits per heavy atom. The van der Waals surface area contributed by atoms with Crippen LogP contribution in [0.5, 0.6) is 0 Å². The van der Waals surface area contributed by atoms with Gasteiger partial charge in [0.1, 0.15) is 11.7 Å². The predicted octanol–water partition coefficient (Wildman–Crippen LogP) is 2.03. The lowest BCUT2D eigenvalue weighted by Crippen LogP contribution is -2.39. The monoisotopic (exact) mass is 405 g/mol. The third-order valence-corrected chi connectivity index (χ3v) is 5.33. The molecular formula is C20H27N3O6. The molecule has 2 aliphatic heterocycles. The summed E-state index contributed by atoms with van der Waals surface area (Å²) in [6.45, 7) is 4.68. The highest BCUT2D eigenvalue weighted by molar-refractivity contribution is 5.98. The molecule has 158 valence electrons. The molecule has 9 nitrogen and oxygen atoms in total. The second-order valence-electron chi connectivity index (χ2n) is 7.55. The van der Waals surface area contributed by atoms with E-state index < -0.39 is 10.8 Å². The molecule has 9 heteroatoms. The van der Waals surface area contributed by atoms with Gasteiger partial charge in [-0.15, -0.1) is 0 Å². The number of likely N-dealkylation sites (tertiary alicyclic amines) is 1. The van der Waals surface area contributed by atoms with E-state index in [0.29, 0.717) is 32.6 Å². The van der Waals surface area contributed by atoms with Crippen molar-refractivity contribution in [1.82, 2.24) is 10.2 Å². The summed E-state index contributed by atoms with van der Waals surface area (Å²) in [5.74, 6) is -0.682. The Kier molecular flexibility index (Phi) is 7.16. The Labute approximate surface area is 169 Å². The van der Waals surface area contributed by atoms with Crippen molar-refractivity contribution in [3.05, 3.63) is 39.4 Å². The van der Waals surface area contributed by atoms with Crippen molar-refractivity contribution >= 4 is 17.6 Å². The average Bonchev–Trinajstić information content (AvgIpc) is 2.69. The van der Waals surface area contributed by atoms with Crippen molar-refractivity contribution in [3.63, 3.8) is 0 Å². The molecule has 2 fully saturated rings. The zero-order valence-electron chi connectivity index (χ0n) is 16.6. The molecular weight excluding hydrogens is 378 g/mol. The van der Waals surface area contributed by atoms with Crippen LogP contribution in [-0.4, -0.2) is 60.1 Å². The number of nitro benzene ring substituents is 1. The summed E-state index contributed by atoms with van der Waals surface area (Å²) in [6, 6.07) is 4.69. The van der Waals surface area contributed by atoms with E-state index in [1.165, 1.54) is 13.0 Å². The number of piperidine rings is 1. The lowest BCUT2D eigenvalue weighted by Gasteiger charge is -2.31. The molecule has 2 aliphatic rings. The van der Waals surface area contributed by atoms with Gasteiger partial charge in [-0.25, -0.2) is 0 Å². The van der Waals surface area contributed by atoms with E-state index in [-0.39, 0.29) is 29.4 Å². The van der Waals surface area contributed by atoms with Gasteiger partial charge >= 0.3 is 5.97 Å². The number of hydrogen-bond acceptors (Lipinski definition) is 7. The van der Waals surface area contributed by atoms with Gasteiger partial charge in [0.05, 0.1) is 4.92 Å². The molecule has 0 aromatic heterocycles. The second kappa shape index (κ2) is 9.80. The van der Waals surface area contributed by atoms with Gasteiger partial charge in [-0.1, -0.05) is 6.07 Å².